The molecule has 2 aromatic rings. The van der Waals surface area contributed by atoms with Gasteiger partial charge < -0.3 is 24.5 Å². The Morgan fingerprint density at radius 3 is 2.58 bits per heavy atom. The Balaban J connectivity index is 1.56. The van der Waals surface area contributed by atoms with Gasteiger partial charge in [0.1, 0.15) is 5.75 Å². The number of hydrogen-bond acceptors (Lipinski definition) is 5. The molecule has 0 saturated carbocycles. The maximum absolute atomic E-state index is 6.82. The molecule has 0 radical (unpaired) electrons. The Morgan fingerprint density at radius 1 is 1.10 bits per heavy atom. The minimum absolute atomic E-state index is 0.0839. The van der Waals surface area contributed by atoms with Crippen molar-refractivity contribution < 1.29 is 19.1 Å². The molecule has 1 spiro atoms. The van der Waals surface area contributed by atoms with E-state index < -0.39 is 5.72 Å². The topological polar surface area (TPSA) is 47.4 Å². The Bertz CT molecular complexity index is 995. The van der Waals surface area contributed by atoms with Gasteiger partial charge in [-0.15, -0.1) is 0 Å². The predicted molar refractivity (Wildman–Crippen MR) is 120 cm³/mol. The second-order valence-corrected chi connectivity index (χ2v) is 8.98. The largest absolute Gasteiger partial charge is 0.497 e. The molecule has 164 valence electrons. The van der Waals surface area contributed by atoms with Crippen molar-refractivity contribution >= 4 is 5.70 Å². The number of hydrogen-bond donors (Lipinski definition) is 2. The standard InChI is InChI=1S/C25H31N3O3/c1-17(2)27-13-11-25(12-14-27)28-22(20-9-6-10-23(30-4)24(20)31-25)16-21(26-28)18-7-5-8-19(15-18)29-3/h5-10,15-17,22,26H,11-14H2,1-4H3/p+1/t22-/m1/s1. The van der Waals surface area contributed by atoms with Crippen LogP contribution in [0.15, 0.2) is 48.5 Å². The van der Waals surface area contributed by atoms with Crippen LogP contribution in [0.25, 0.3) is 5.70 Å². The van der Waals surface area contributed by atoms with E-state index in [-0.39, 0.29) is 6.04 Å². The highest BCUT2D eigenvalue weighted by Crippen LogP contribution is 2.50. The van der Waals surface area contributed by atoms with Gasteiger partial charge in [-0.1, -0.05) is 24.3 Å². The lowest BCUT2D eigenvalue weighted by Crippen LogP contribution is -3.16. The lowest BCUT2D eigenvalue weighted by Gasteiger charge is -2.51. The lowest BCUT2D eigenvalue weighted by molar-refractivity contribution is -0.929. The molecule has 1 fully saturated rings. The zero-order valence-corrected chi connectivity index (χ0v) is 18.8. The fourth-order valence-electron chi connectivity index (χ4n) is 5.16. The van der Waals surface area contributed by atoms with Crippen LogP contribution in [0, 0.1) is 0 Å². The van der Waals surface area contributed by atoms with Gasteiger partial charge in [-0.25, -0.2) is 0 Å². The summed E-state index contributed by atoms with van der Waals surface area (Å²) in [5.41, 5.74) is 6.63. The van der Waals surface area contributed by atoms with Crippen molar-refractivity contribution in [3.8, 4) is 17.2 Å². The van der Waals surface area contributed by atoms with Crippen LogP contribution in [0.3, 0.4) is 0 Å². The minimum Gasteiger partial charge on any atom is -0.497 e. The summed E-state index contributed by atoms with van der Waals surface area (Å²) < 4.78 is 18.0. The zero-order chi connectivity index (χ0) is 21.6. The van der Waals surface area contributed by atoms with Crippen LogP contribution >= 0.6 is 0 Å². The molecule has 6 nitrogen and oxygen atoms in total. The van der Waals surface area contributed by atoms with Gasteiger partial charge in [0.15, 0.2) is 17.2 Å². The van der Waals surface area contributed by atoms with Gasteiger partial charge in [0, 0.05) is 11.1 Å². The van der Waals surface area contributed by atoms with E-state index in [0.717, 1.165) is 60.0 Å². The van der Waals surface area contributed by atoms with Gasteiger partial charge in [0.05, 0.1) is 57.9 Å². The smallest absolute Gasteiger partial charge is 0.191 e. The van der Waals surface area contributed by atoms with Crippen LogP contribution in [-0.4, -0.2) is 44.1 Å². The van der Waals surface area contributed by atoms with Gasteiger partial charge in [0.2, 0.25) is 0 Å². The molecule has 1 saturated heterocycles. The Hall–Kier alpha value is -2.70. The number of nitrogens with one attached hydrogen (secondary N) is 2. The molecule has 3 heterocycles. The van der Waals surface area contributed by atoms with Crippen molar-refractivity contribution in [1.29, 1.82) is 0 Å². The summed E-state index contributed by atoms with van der Waals surface area (Å²) in [6, 6.07) is 15.1. The first kappa shape index (κ1) is 20.2. The fraction of sp³-hybridized carbons (Fsp3) is 0.440. The molecule has 0 aromatic heterocycles. The minimum atomic E-state index is -0.401. The van der Waals surface area contributed by atoms with Crippen LogP contribution in [0.1, 0.15) is 43.9 Å². The van der Waals surface area contributed by atoms with E-state index >= 15 is 0 Å². The first-order valence-corrected chi connectivity index (χ1v) is 11.2. The maximum Gasteiger partial charge on any atom is 0.191 e. The number of nitrogens with zero attached hydrogens (tertiary/aromatic N) is 1. The van der Waals surface area contributed by atoms with E-state index in [4.69, 9.17) is 14.2 Å². The third-order valence-corrected chi connectivity index (χ3v) is 6.99. The van der Waals surface area contributed by atoms with Crippen molar-refractivity contribution in [3.05, 3.63) is 59.7 Å². The molecule has 1 atom stereocenters. The predicted octanol–water partition coefficient (Wildman–Crippen LogP) is 2.78. The maximum atomic E-state index is 6.82. The SMILES string of the molecule is COc1cccc(C2=C[C@@H]3c4cccc(OC)c4OC4(CC[NH+](C(C)C)CC4)N3N2)c1. The van der Waals surface area contributed by atoms with E-state index in [2.05, 4.69) is 48.6 Å². The summed E-state index contributed by atoms with van der Waals surface area (Å²) in [6.07, 6.45) is 4.22. The van der Waals surface area contributed by atoms with Gasteiger partial charge in [-0.3, -0.25) is 0 Å². The van der Waals surface area contributed by atoms with Crippen LogP contribution < -0.4 is 24.5 Å². The zero-order valence-electron chi connectivity index (χ0n) is 18.8. The van der Waals surface area contributed by atoms with Gasteiger partial charge in [0.25, 0.3) is 0 Å². The number of piperidine rings is 1. The Morgan fingerprint density at radius 2 is 1.87 bits per heavy atom. The number of quaternary nitrogens is 1. The van der Waals surface area contributed by atoms with E-state index in [1.807, 2.05) is 24.3 Å². The fourth-order valence-corrected chi connectivity index (χ4v) is 5.16. The first-order valence-electron chi connectivity index (χ1n) is 11.2. The van der Waals surface area contributed by atoms with Gasteiger partial charge >= 0.3 is 0 Å². The summed E-state index contributed by atoms with van der Waals surface area (Å²) in [7, 11) is 3.42. The molecule has 0 amide bonds. The average Bonchev–Trinajstić information content (AvgIpc) is 3.26. The lowest BCUT2D eigenvalue weighted by atomic mass is 9.92. The van der Waals surface area contributed by atoms with Crippen LogP contribution in [0.4, 0.5) is 0 Å². The molecular formula is C25H32N3O3+. The molecule has 6 heteroatoms. The molecule has 31 heavy (non-hydrogen) atoms. The molecule has 0 unspecified atom stereocenters. The Kier molecular flexibility index (Phi) is 5.07. The molecule has 2 aromatic carbocycles. The third kappa shape index (κ3) is 3.34. The molecule has 5 rings (SSSR count). The van der Waals surface area contributed by atoms with Gasteiger partial charge in [-0.05, 0) is 38.1 Å². The number of likely N-dealkylation sites (tertiary alicyclic amines) is 1. The molecule has 2 N–H and O–H groups in total. The highest BCUT2D eigenvalue weighted by atomic mass is 16.5. The normalized spacial score (nSPS) is 27.2. The van der Waals surface area contributed by atoms with E-state index in [1.54, 1.807) is 19.1 Å². The first-order chi connectivity index (χ1) is 15.0. The van der Waals surface area contributed by atoms with E-state index in [1.165, 1.54) is 0 Å². The number of fused-ring (bicyclic) bond motifs is 4. The summed E-state index contributed by atoms with van der Waals surface area (Å²) in [5, 5.41) is 2.33. The highest BCUT2D eigenvalue weighted by Gasteiger charge is 2.53. The summed E-state index contributed by atoms with van der Waals surface area (Å²) in [5.74, 6) is 2.54. The molecule has 0 aliphatic carbocycles. The number of methoxy groups -OCH3 is 2. The van der Waals surface area contributed by atoms with E-state index in [0.29, 0.717) is 6.04 Å². The van der Waals surface area contributed by atoms with Crippen molar-refractivity contribution in [3.63, 3.8) is 0 Å². The van der Waals surface area contributed by atoms with Crippen molar-refractivity contribution in [2.75, 3.05) is 27.3 Å². The monoisotopic (exact) mass is 422 g/mol. The average molecular weight is 423 g/mol. The Labute approximate surface area is 184 Å². The molecular weight excluding hydrogens is 390 g/mol. The third-order valence-electron chi connectivity index (χ3n) is 6.99. The number of para-hydroxylation sites is 1. The summed E-state index contributed by atoms with van der Waals surface area (Å²) >= 11 is 0. The number of ether oxygens (including phenoxy) is 3. The summed E-state index contributed by atoms with van der Waals surface area (Å²) in [6.45, 7) is 6.77. The molecule has 0 bridgehead atoms. The van der Waals surface area contributed by atoms with Crippen LogP contribution in [0.2, 0.25) is 0 Å². The number of rotatable bonds is 4. The second-order valence-electron chi connectivity index (χ2n) is 8.98. The van der Waals surface area contributed by atoms with Crippen LogP contribution in [-0.2, 0) is 0 Å². The van der Waals surface area contributed by atoms with Crippen molar-refractivity contribution in [2.45, 2.75) is 44.5 Å². The quantitative estimate of drug-likeness (QED) is 0.794. The summed E-state index contributed by atoms with van der Waals surface area (Å²) in [4.78, 5) is 1.64. The number of hydrazine groups is 1. The highest BCUT2D eigenvalue weighted by molar-refractivity contribution is 5.69. The van der Waals surface area contributed by atoms with Gasteiger partial charge in [-0.2, -0.15) is 5.01 Å². The molecule has 3 aliphatic rings. The molecule has 3 aliphatic heterocycles. The second kappa shape index (κ2) is 7.77. The van der Waals surface area contributed by atoms with E-state index in [9.17, 15) is 0 Å². The van der Waals surface area contributed by atoms with Crippen LogP contribution in [0.5, 0.6) is 17.2 Å². The van der Waals surface area contributed by atoms with Crippen molar-refractivity contribution in [2.24, 2.45) is 0 Å². The van der Waals surface area contributed by atoms with Crippen molar-refractivity contribution in [1.82, 2.24) is 10.4 Å². The number of benzene rings is 2.